The Morgan fingerprint density at radius 2 is 2.12 bits per heavy atom. The van der Waals surface area contributed by atoms with Crippen LogP contribution in [0.4, 0.5) is 0 Å². The third-order valence-electron chi connectivity index (χ3n) is 2.88. The molecule has 1 N–H and O–H groups in total. The molecular formula is C12H21BrN2S. The second kappa shape index (κ2) is 6.74. The van der Waals surface area contributed by atoms with E-state index in [9.17, 15) is 0 Å². The molecule has 0 aromatic carbocycles. The van der Waals surface area contributed by atoms with Crippen LogP contribution in [0.1, 0.15) is 31.2 Å². The Labute approximate surface area is 111 Å². The van der Waals surface area contributed by atoms with Crippen molar-refractivity contribution in [3.8, 4) is 0 Å². The van der Waals surface area contributed by atoms with Gasteiger partial charge >= 0.3 is 0 Å². The zero-order chi connectivity index (χ0) is 12.1. The van der Waals surface area contributed by atoms with Crippen molar-refractivity contribution in [3.05, 3.63) is 20.8 Å². The highest BCUT2D eigenvalue weighted by atomic mass is 79.9. The van der Waals surface area contributed by atoms with E-state index in [2.05, 4.69) is 66.2 Å². The van der Waals surface area contributed by atoms with Gasteiger partial charge in [-0.3, -0.25) is 0 Å². The van der Waals surface area contributed by atoms with Crippen LogP contribution in [0.15, 0.2) is 15.9 Å². The average molecular weight is 305 g/mol. The van der Waals surface area contributed by atoms with Crippen molar-refractivity contribution in [2.45, 2.75) is 32.4 Å². The number of hydrogen-bond donors (Lipinski definition) is 1. The van der Waals surface area contributed by atoms with Crippen molar-refractivity contribution < 1.29 is 0 Å². The lowest BCUT2D eigenvalue weighted by Gasteiger charge is -2.25. The van der Waals surface area contributed by atoms with Gasteiger partial charge in [0.05, 0.1) is 3.79 Å². The molecule has 0 aliphatic rings. The molecule has 0 bridgehead atoms. The SMILES string of the molecule is CCC(CNC(C)c1ccc(Br)s1)N(C)C. The van der Waals surface area contributed by atoms with Crippen LogP contribution in [-0.2, 0) is 0 Å². The maximum absolute atomic E-state index is 3.59. The summed E-state index contributed by atoms with van der Waals surface area (Å²) in [6.45, 7) is 5.50. The van der Waals surface area contributed by atoms with E-state index in [0.29, 0.717) is 12.1 Å². The van der Waals surface area contributed by atoms with E-state index in [1.165, 1.54) is 15.1 Å². The van der Waals surface area contributed by atoms with E-state index in [1.807, 2.05) is 0 Å². The van der Waals surface area contributed by atoms with E-state index >= 15 is 0 Å². The third-order valence-corrected chi connectivity index (χ3v) is 4.69. The molecule has 0 fully saturated rings. The Hall–Kier alpha value is 0.1000. The van der Waals surface area contributed by atoms with Crippen LogP contribution in [0.2, 0.25) is 0 Å². The second-order valence-electron chi connectivity index (χ2n) is 4.30. The van der Waals surface area contributed by atoms with Gasteiger partial charge in [-0.1, -0.05) is 6.92 Å². The summed E-state index contributed by atoms with van der Waals surface area (Å²) in [4.78, 5) is 3.67. The van der Waals surface area contributed by atoms with Gasteiger partial charge in [0, 0.05) is 23.5 Å². The highest BCUT2D eigenvalue weighted by Crippen LogP contribution is 2.26. The molecule has 0 aliphatic heterocycles. The largest absolute Gasteiger partial charge is 0.308 e. The van der Waals surface area contributed by atoms with Gasteiger partial charge in [0.1, 0.15) is 0 Å². The Balaban J connectivity index is 2.43. The number of nitrogens with one attached hydrogen (secondary N) is 1. The van der Waals surface area contributed by atoms with Crippen LogP contribution in [0, 0.1) is 0 Å². The molecule has 1 aromatic rings. The van der Waals surface area contributed by atoms with Crippen molar-refractivity contribution in [2.24, 2.45) is 0 Å². The highest BCUT2D eigenvalue weighted by molar-refractivity contribution is 9.11. The molecule has 16 heavy (non-hydrogen) atoms. The first kappa shape index (κ1) is 14.2. The van der Waals surface area contributed by atoms with Crippen molar-refractivity contribution in [1.29, 1.82) is 0 Å². The molecule has 92 valence electrons. The van der Waals surface area contributed by atoms with Crippen LogP contribution in [-0.4, -0.2) is 31.6 Å². The lowest BCUT2D eigenvalue weighted by Crippen LogP contribution is -2.38. The lowest BCUT2D eigenvalue weighted by atomic mass is 10.2. The molecule has 2 nitrogen and oxygen atoms in total. The summed E-state index contributed by atoms with van der Waals surface area (Å²) in [5.74, 6) is 0. The molecule has 0 aliphatic carbocycles. The minimum Gasteiger partial charge on any atom is -0.308 e. The molecule has 0 saturated carbocycles. The van der Waals surface area contributed by atoms with Gasteiger partial charge < -0.3 is 10.2 Å². The molecule has 1 rings (SSSR count). The highest BCUT2D eigenvalue weighted by Gasteiger charge is 2.12. The van der Waals surface area contributed by atoms with Crippen LogP contribution in [0.25, 0.3) is 0 Å². The topological polar surface area (TPSA) is 15.3 Å². The van der Waals surface area contributed by atoms with Crippen LogP contribution >= 0.6 is 27.3 Å². The summed E-state index contributed by atoms with van der Waals surface area (Å²) in [5.41, 5.74) is 0. The zero-order valence-corrected chi connectivity index (χ0v) is 12.9. The van der Waals surface area contributed by atoms with Gasteiger partial charge in [0.2, 0.25) is 0 Å². The first-order chi connectivity index (χ1) is 7.54. The second-order valence-corrected chi connectivity index (χ2v) is 6.79. The molecule has 2 atom stereocenters. The molecule has 0 saturated heterocycles. The van der Waals surface area contributed by atoms with Crippen LogP contribution in [0.3, 0.4) is 0 Å². The molecule has 0 amide bonds. The monoisotopic (exact) mass is 304 g/mol. The van der Waals surface area contributed by atoms with Gasteiger partial charge in [0.15, 0.2) is 0 Å². The molecule has 1 heterocycles. The quantitative estimate of drug-likeness (QED) is 0.865. The van der Waals surface area contributed by atoms with Crippen LogP contribution in [0.5, 0.6) is 0 Å². The first-order valence-electron chi connectivity index (χ1n) is 5.69. The average Bonchev–Trinajstić information content (AvgIpc) is 2.65. The van der Waals surface area contributed by atoms with Crippen molar-refractivity contribution in [1.82, 2.24) is 10.2 Å². The lowest BCUT2D eigenvalue weighted by molar-refractivity contribution is 0.270. The maximum Gasteiger partial charge on any atom is 0.0701 e. The molecule has 4 heteroatoms. The predicted molar refractivity (Wildman–Crippen MR) is 76.2 cm³/mol. The summed E-state index contributed by atoms with van der Waals surface area (Å²) >= 11 is 5.30. The van der Waals surface area contributed by atoms with Gasteiger partial charge in [-0.25, -0.2) is 0 Å². The van der Waals surface area contributed by atoms with Crippen LogP contribution < -0.4 is 5.32 Å². The number of nitrogens with zero attached hydrogens (tertiary/aromatic N) is 1. The Bertz CT molecular complexity index is 312. The normalized spacial score (nSPS) is 15.4. The van der Waals surface area contributed by atoms with Gasteiger partial charge in [0.25, 0.3) is 0 Å². The van der Waals surface area contributed by atoms with Crippen molar-refractivity contribution >= 4 is 27.3 Å². The zero-order valence-electron chi connectivity index (χ0n) is 10.5. The van der Waals surface area contributed by atoms with E-state index in [-0.39, 0.29) is 0 Å². The van der Waals surface area contributed by atoms with Gasteiger partial charge in [-0.15, -0.1) is 11.3 Å². The fourth-order valence-electron chi connectivity index (χ4n) is 1.67. The number of rotatable bonds is 6. The van der Waals surface area contributed by atoms with E-state index in [0.717, 1.165) is 6.54 Å². The summed E-state index contributed by atoms with van der Waals surface area (Å²) < 4.78 is 1.20. The summed E-state index contributed by atoms with van der Waals surface area (Å²) in [7, 11) is 4.28. The molecular weight excluding hydrogens is 284 g/mol. The fourth-order valence-corrected chi connectivity index (χ4v) is 3.12. The molecule has 0 spiro atoms. The van der Waals surface area contributed by atoms with E-state index in [1.54, 1.807) is 11.3 Å². The smallest absolute Gasteiger partial charge is 0.0701 e. The maximum atomic E-state index is 3.59. The number of thiophene rings is 1. The number of halogens is 1. The first-order valence-corrected chi connectivity index (χ1v) is 7.30. The summed E-state index contributed by atoms with van der Waals surface area (Å²) in [5, 5.41) is 3.59. The van der Waals surface area contributed by atoms with Crippen molar-refractivity contribution in [2.75, 3.05) is 20.6 Å². The number of likely N-dealkylation sites (N-methyl/N-ethyl adjacent to an activating group) is 1. The molecule has 0 radical (unpaired) electrons. The third kappa shape index (κ3) is 4.17. The standard InChI is InChI=1S/C12H21BrN2S/c1-5-10(15(3)4)8-14-9(2)11-6-7-12(13)16-11/h6-7,9-10,14H,5,8H2,1-4H3. The van der Waals surface area contributed by atoms with E-state index < -0.39 is 0 Å². The number of hydrogen-bond acceptors (Lipinski definition) is 3. The molecule has 2 unspecified atom stereocenters. The van der Waals surface area contributed by atoms with Gasteiger partial charge in [-0.2, -0.15) is 0 Å². The van der Waals surface area contributed by atoms with E-state index in [4.69, 9.17) is 0 Å². The molecule has 1 aromatic heterocycles. The fraction of sp³-hybridized carbons (Fsp3) is 0.667. The van der Waals surface area contributed by atoms with Gasteiger partial charge in [-0.05, 0) is 55.5 Å². The Morgan fingerprint density at radius 1 is 1.44 bits per heavy atom. The predicted octanol–water partition coefficient (Wildman–Crippen LogP) is 3.50. The summed E-state index contributed by atoms with van der Waals surface area (Å²) in [6, 6.07) is 5.35. The Morgan fingerprint density at radius 3 is 2.56 bits per heavy atom. The minimum atomic E-state index is 0.435. The minimum absolute atomic E-state index is 0.435. The van der Waals surface area contributed by atoms with Crippen molar-refractivity contribution in [3.63, 3.8) is 0 Å². The summed E-state index contributed by atoms with van der Waals surface area (Å²) in [6.07, 6.45) is 1.18. The Kier molecular flexibility index (Phi) is 5.97.